The molecule has 0 saturated heterocycles. The van der Waals surface area contributed by atoms with E-state index < -0.39 is 23.8 Å². The molecule has 0 radical (unpaired) electrons. The van der Waals surface area contributed by atoms with Crippen LogP contribution in [0.5, 0.6) is 0 Å². The van der Waals surface area contributed by atoms with E-state index in [0.717, 1.165) is 46.2 Å². The molecule has 0 spiro atoms. The largest absolute Gasteiger partial charge is 0.306 e. The Balaban J connectivity index is 2.31. The van der Waals surface area contributed by atoms with Crippen molar-refractivity contribution < 1.29 is 14.2 Å². The van der Waals surface area contributed by atoms with Gasteiger partial charge in [0, 0.05) is 16.8 Å². The number of hydrogen-bond donors (Lipinski definition) is 0. The van der Waals surface area contributed by atoms with Crippen LogP contribution >= 0.6 is 7.14 Å². The van der Waals surface area contributed by atoms with Crippen LogP contribution in [0.1, 0.15) is 94.1 Å². The molecule has 184 valence electrons. The lowest BCUT2D eigenvalue weighted by molar-refractivity contribution is 0.102. The Hall–Kier alpha value is -1.99. The summed E-state index contributed by atoms with van der Waals surface area (Å²) in [4.78, 5) is 28.8. The van der Waals surface area contributed by atoms with Crippen LogP contribution in [0.4, 0.5) is 0 Å². The molecule has 0 aromatic heterocycles. The Bertz CT molecular complexity index is 1050. The highest BCUT2D eigenvalue weighted by Crippen LogP contribution is 2.63. The smallest absolute Gasteiger partial charge is 0.229 e. The van der Waals surface area contributed by atoms with E-state index in [1.54, 1.807) is 0 Å². The van der Waals surface area contributed by atoms with Crippen LogP contribution in [0.15, 0.2) is 24.3 Å². The van der Waals surface area contributed by atoms with Gasteiger partial charge >= 0.3 is 0 Å². The molecule has 3 atom stereocenters. The van der Waals surface area contributed by atoms with Crippen LogP contribution in [0.25, 0.3) is 0 Å². The van der Waals surface area contributed by atoms with Crippen molar-refractivity contribution in [3.8, 4) is 0 Å². The van der Waals surface area contributed by atoms with Crippen LogP contribution < -0.4 is 0 Å². The lowest BCUT2D eigenvalue weighted by atomic mass is 9.77. The Kier molecular flexibility index (Phi) is 7.78. The molecular weight excluding hydrogens is 439 g/mol. The maximum absolute atomic E-state index is 15.3. The zero-order chi connectivity index (χ0) is 25.5. The molecular formula is C30H41O3P. The van der Waals surface area contributed by atoms with Crippen LogP contribution in [0.3, 0.4) is 0 Å². The zero-order valence-electron chi connectivity index (χ0n) is 22.4. The van der Waals surface area contributed by atoms with Gasteiger partial charge in [0.25, 0.3) is 0 Å². The van der Waals surface area contributed by atoms with E-state index >= 15 is 4.57 Å². The van der Waals surface area contributed by atoms with E-state index in [2.05, 4.69) is 20.8 Å². The predicted molar refractivity (Wildman–Crippen MR) is 143 cm³/mol. The SMILES string of the molecule is Cc1cc(C)c(C(=O)P(=O)(C(=O)c2c(C)cc(C)cc2C)C2CC(C)CCC2C(C)C)c(C)c1. The second-order valence-electron chi connectivity index (χ2n) is 11.2. The first kappa shape index (κ1) is 26.6. The van der Waals surface area contributed by atoms with E-state index in [1.807, 2.05) is 65.8 Å². The van der Waals surface area contributed by atoms with Gasteiger partial charge in [-0.15, -0.1) is 0 Å². The van der Waals surface area contributed by atoms with Gasteiger partial charge in [-0.1, -0.05) is 62.6 Å². The molecule has 1 saturated carbocycles. The van der Waals surface area contributed by atoms with E-state index in [-0.39, 0.29) is 11.8 Å². The number of carbonyl (C=O) groups is 2. The van der Waals surface area contributed by atoms with Crippen molar-refractivity contribution in [2.24, 2.45) is 17.8 Å². The fourth-order valence-electron chi connectivity index (χ4n) is 6.33. The Morgan fingerprint density at radius 2 is 1.15 bits per heavy atom. The molecule has 0 heterocycles. The maximum Gasteiger partial charge on any atom is 0.229 e. The maximum atomic E-state index is 15.3. The van der Waals surface area contributed by atoms with E-state index in [9.17, 15) is 9.59 Å². The molecule has 1 aliphatic rings. The second kappa shape index (κ2) is 9.94. The van der Waals surface area contributed by atoms with Gasteiger partial charge < -0.3 is 4.57 Å². The Morgan fingerprint density at radius 3 is 1.50 bits per heavy atom. The summed E-state index contributed by atoms with van der Waals surface area (Å²) < 4.78 is 15.3. The summed E-state index contributed by atoms with van der Waals surface area (Å²) in [7, 11) is -3.98. The van der Waals surface area contributed by atoms with Crippen molar-refractivity contribution in [3.05, 3.63) is 68.8 Å². The lowest BCUT2D eigenvalue weighted by Gasteiger charge is -2.40. The quantitative estimate of drug-likeness (QED) is 0.390. The standard InChI is InChI=1S/C30H41O3P/c1-17(2)25-11-10-18(3)16-26(25)34(33,29(31)27-21(6)12-19(4)13-22(27)7)30(32)28-23(8)14-20(5)15-24(28)9/h12-15,17-18,25-26H,10-11,16H2,1-9H3. The minimum atomic E-state index is -3.98. The third kappa shape index (κ3) is 4.74. The third-order valence-electron chi connectivity index (χ3n) is 7.84. The molecule has 0 N–H and O–H groups in total. The normalized spacial score (nSPS) is 21.1. The minimum absolute atomic E-state index is 0.0899. The van der Waals surface area contributed by atoms with E-state index in [1.165, 1.54) is 0 Å². The summed E-state index contributed by atoms with van der Waals surface area (Å²) in [5, 5.41) is 0. The first-order chi connectivity index (χ1) is 15.8. The number of rotatable bonds is 6. The predicted octanol–water partition coefficient (Wildman–Crippen LogP) is 8.34. The lowest BCUT2D eigenvalue weighted by Crippen LogP contribution is -2.36. The van der Waals surface area contributed by atoms with E-state index in [4.69, 9.17) is 0 Å². The van der Waals surface area contributed by atoms with Gasteiger partial charge in [-0.2, -0.15) is 0 Å². The van der Waals surface area contributed by atoms with Crippen molar-refractivity contribution in [1.82, 2.24) is 0 Å². The molecule has 0 amide bonds. The van der Waals surface area contributed by atoms with Crippen LogP contribution in [0, 0.1) is 59.3 Å². The van der Waals surface area contributed by atoms with Gasteiger partial charge in [0.2, 0.25) is 18.2 Å². The first-order valence-corrected chi connectivity index (χ1v) is 14.4. The van der Waals surface area contributed by atoms with Gasteiger partial charge in [0.05, 0.1) is 0 Å². The molecule has 2 aromatic carbocycles. The van der Waals surface area contributed by atoms with Gasteiger partial charge in [0.15, 0.2) is 0 Å². The molecule has 2 aromatic rings. The van der Waals surface area contributed by atoms with Crippen LogP contribution in [-0.2, 0) is 4.57 Å². The van der Waals surface area contributed by atoms with Crippen molar-refractivity contribution in [1.29, 1.82) is 0 Å². The second-order valence-corrected chi connectivity index (χ2v) is 14.0. The Labute approximate surface area is 206 Å². The number of aryl methyl sites for hydroxylation is 6. The molecule has 0 bridgehead atoms. The molecule has 3 unspecified atom stereocenters. The fourth-order valence-corrected chi connectivity index (χ4v) is 10.2. The first-order valence-electron chi connectivity index (χ1n) is 12.6. The molecule has 3 nitrogen and oxygen atoms in total. The molecule has 34 heavy (non-hydrogen) atoms. The summed E-state index contributed by atoms with van der Waals surface area (Å²) in [6.45, 7) is 18.0. The summed E-state index contributed by atoms with van der Waals surface area (Å²) in [6.07, 6.45) is 2.62. The average Bonchev–Trinajstić information content (AvgIpc) is 2.71. The summed E-state index contributed by atoms with van der Waals surface area (Å²) >= 11 is 0. The van der Waals surface area contributed by atoms with Crippen LogP contribution in [0.2, 0.25) is 0 Å². The van der Waals surface area contributed by atoms with Crippen molar-refractivity contribution >= 4 is 18.2 Å². The summed E-state index contributed by atoms with van der Waals surface area (Å²) in [6, 6.07) is 7.84. The molecule has 1 aliphatic carbocycles. The van der Waals surface area contributed by atoms with E-state index in [0.29, 0.717) is 23.5 Å². The van der Waals surface area contributed by atoms with Gasteiger partial charge in [0.1, 0.15) is 0 Å². The molecule has 0 aliphatic heterocycles. The number of carbonyl (C=O) groups excluding carboxylic acids is 2. The monoisotopic (exact) mass is 480 g/mol. The topological polar surface area (TPSA) is 51.2 Å². The molecule has 3 rings (SSSR count). The molecule has 1 fully saturated rings. The highest BCUT2D eigenvalue weighted by molar-refractivity contribution is 7.96. The number of benzene rings is 2. The number of hydrogen-bond acceptors (Lipinski definition) is 3. The van der Waals surface area contributed by atoms with Gasteiger partial charge in [-0.05, 0) is 94.4 Å². The van der Waals surface area contributed by atoms with Crippen molar-refractivity contribution in [3.63, 3.8) is 0 Å². The minimum Gasteiger partial charge on any atom is -0.306 e. The zero-order valence-corrected chi connectivity index (χ0v) is 23.3. The average molecular weight is 481 g/mol. The summed E-state index contributed by atoms with van der Waals surface area (Å²) in [5.74, 6) is 0.688. The summed E-state index contributed by atoms with van der Waals surface area (Å²) in [5.41, 5.74) is 5.00. The highest BCUT2D eigenvalue weighted by Gasteiger charge is 2.53. The van der Waals surface area contributed by atoms with Gasteiger partial charge in [-0.3, -0.25) is 9.59 Å². The van der Waals surface area contributed by atoms with Crippen molar-refractivity contribution in [2.75, 3.05) is 0 Å². The third-order valence-corrected chi connectivity index (χ3v) is 11.0. The molecule has 4 heteroatoms. The van der Waals surface area contributed by atoms with Crippen LogP contribution in [-0.4, -0.2) is 16.7 Å². The highest BCUT2D eigenvalue weighted by atomic mass is 31.2. The fraction of sp³-hybridized carbons (Fsp3) is 0.533. The van der Waals surface area contributed by atoms with Gasteiger partial charge in [-0.25, -0.2) is 0 Å². The van der Waals surface area contributed by atoms with Crippen molar-refractivity contribution in [2.45, 2.75) is 87.2 Å². The Morgan fingerprint density at radius 1 is 0.765 bits per heavy atom.